The smallest absolute Gasteiger partial charge is 0.182 e. The molecule has 98 valence electrons. The SMILES string of the molecule is Brc1ccccc1CNc1ncnc2nc[nH]c12.O. The number of nitrogens with one attached hydrogen (secondary N) is 2. The molecule has 0 saturated heterocycles. The van der Waals surface area contributed by atoms with Crippen LogP contribution in [-0.2, 0) is 6.54 Å². The molecule has 7 heteroatoms. The van der Waals surface area contributed by atoms with Crippen LogP contribution in [0, 0.1) is 0 Å². The molecule has 0 bridgehead atoms. The van der Waals surface area contributed by atoms with Crippen LogP contribution < -0.4 is 5.32 Å². The number of fused-ring (bicyclic) bond motifs is 1. The lowest BCUT2D eigenvalue weighted by Gasteiger charge is -2.07. The number of H-pyrrole nitrogens is 1. The lowest BCUT2D eigenvalue weighted by atomic mass is 10.2. The molecule has 19 heavy (non-hydrogen) atoms. The fraction of sp³-hybridized carbons (Fsp3) is 0.0833. The summed E-state index contributed by atoms with van der Waals surface area (Å²) in [6, 6.07) is 8.07. The molecule has 3 rings (SSSR count). The van der Waals surface area contributed by atoms with E-state index in [4.69, 9.17) is 0 Å². The van der Waals surface area contributed by atoms with Gasteiger partial charge in [-0.3, -0.25) is 0 Å². The van der Waals surface area contributed by atoms with Gasteiger partial charge in [0.15, 0.2) is 11.5 Å². The normalized spacial score (nSPS) is 10.2. The molecule has 3 aromatic rings. The number of nitrogens with zero attached hydrogens (tertiary/aromatic N) is 3. The van der Waals surface area contributed by atoms with Crippen molar-refractivity contribution in [2.45, 2.75) is 6.54 Å². The predicted octanol–water partition coefficient (Wildman–Crippen LogP) is 1.90. The Morgan fingerprint density at radius 1 is 1.16 bits per heavy atom. The molecule has 0 radical (unpaired) electrons. The minimum absolute atomic E-state index is 0. The van der Waals surface area contributed by atoms with Crippen LogP contribution in [0.5, 0.6) is 0 Å². The Labute approximate surface area is 117 Å². The lowest BCUT2D eigenvalue weighted by molar-refractivity contribution is 0.824. The number of aromatic nitrogens is 4. The monoisotopic (exact) mass is 321 g/mol. The first kappa shape index (κ1) is 13.4. The van der Waals surface area contributed by atoms with Gasteiger partial charge >= 0.3 is 0 Å². The molecule has 0 spiro atoms. The summed E-state index contributed by atoms with van der Waals surface area (Å²) in [4.78, 5) is 15.4. The zero-order valence-electron chi connectivity index (χ0n) is 9.89. The number of anilines is 1. The summed E-state index contributed by atoms with van der Waals surface area (Å²) < 4.78 is 1.08. The first-order chi connectivity index (χ1) is 8.84. The minimum Gasteiger partial charge on any atom is -0.412 e. The summed E-state index contributed by atoms with van der Waals surface area (Å²) in [5, 5.41) is 3.28. The van der Waals surface area contributed by atoms with Gasteiger partial charge in [-0.2, -0.15) is 0 Å². The summed E-state index contributed by atoms with van der Waals surface area (Å²) in [5.74, 6) is 0.758. The number of rotatable bonds is 3. The van der Waals surface area contributed by atoms with Crippen molar-refractivity contribution in [3.05, 3.63) is 47.0 Å². The van der Waals surface area contributed by atoms with Gasteiger partial charge in [0.25, 0.3) is 0 Å². The second-order valence-electron chi connectivity index (χ2n) is 3.77. The van der Waals surface area contributed by atoms with Crippen molar-refractivity contribution in [2.75, 3.05) is 5.32 Å². The molecule has 0 saturated carbocycles. The van der Waals surface area contributed by atoms with E-state index in [9.17, 15) is 0 Å². The maximum absolute atomic E-state index is 4.22. The fourth-order valence-electron chi connectivity index (χ4n) is 1.72. The fourth-order valence-corrected chi connectivity index (χ4v) is 2.14. The van der Waals surface area contributed by atoms with E-state index in [0.717, 1.165) is 15.8 Å². The number of hydrogen-bond acceptors (Lipinski definition) is 4. The van der Waals surface area contributed by atoms with Gasteiger partial charge in [0.05, 0.1) is 6.33 Å². The van der Waals surface area contributed by atoms with Crippen LogP contribution in [-0.4, -0.2) is 25.4 Å². The highest BCUT2D eigenvalue weighted by Crippen LogP contribution is 2.19. The summed E-state index contributed by atoms with van der Waals surface area (Å²) in [6.07, 6.45) is 3.12. The van der Waals surface area contributed by atoms with Crippen LogP contribution >= 0.6 is 15.9 Å². The van der Waals surface area contributed by atoms with Crippen molar-refractivity contribution in [1.29, 1.82) is 0 Å². The molecule has 2 aromatic heterocycles. The molecule has 0 fully saturated rings. The van der Waals surface area contributed by atoms with Gasteiger partial charge in [0.2, 0.25) is 0 Å². The van der Waals surface area contributed by atoms with Gasteiger partial charge in [-0.25, -0.2) is 15.0 Å². The maximum atomic E-state index is 4.22. The third-order valence-corrected chi connectivity index (χ3v) is 3.40. The lowest BCUT2D eigenvalue weighted by Crippen LogP contribution is -2.03. The van der Waals surface area contributed by atoms with Crippen molar-refractivity contribution >= 4 is 32.9 Å². The summed E-state index contributed by atoms with van der Waals surface area (Å²) in [6.45, 7) is 0.687. The van der Waals surface area contributed by atoms with Crippen molar-refractivity contribution < 1.29 is 5.48 Å². The number of hydrogen-bond donors (Lipinski definition) is 2. The third kappa shape index (κ3) is 2.72. The van der Waals surface area contributed by atoms with Crippen LogP contribution in [0.25, 0.3) is 11.2 Å². The molecule has 2 heterocycles. The largest absolute Gasteiger partial charge is 0.412 e. The topological polar surface area (TPSA) is 98.0 Å². The van der Waals surface area contributed by atoms with Crippen LogP contribution in [0.1, 0.15) is 5.56 Å². The van der Waals surface area contributed by atoms with Crippen molar-refractivity contribution in [2.24, 2.45) is 0 Å². The Morgan fingerprint density at radius 2 is 2.00 bits per heavy atom. The first-order valence-electron chi connectivity index (χ1n) is 5.46. The van der Waals surface area contributed by atoms with E-state index >= 15 is 0 Å². The minimum atomic E-state index is 0. The number of aromatic amines is 1. The second kappa shape index (κ2) is 5.77. The predicted molar refractivity (Wildman–Crippen MR) is 76.8 cm³/mol. The zero-order chi connectivity index (χ0) is 12.4. The average molecular weight is 322 g/mol. The second-order valence-corrected chi connectivity index (χ2v) is 4.62. The van der Waals surface area contributed by atoms with Gasteiger partial charge in [-0.15, -0.1) is 0 Å². The van der Waals surface area contributed by atoms with Gasteiger partial charge in [-0.1, -0.05) is 34.1 Å². The first-order valence-corrected chi connectivity index (χ1v) is 6.25. The Kier molecular flexibility index (Phi) is 4.08. The van der Waals surface area contributed by atoms with E-state index in [1.807, 2.05) is 18.2 Å². The van der Waals surface area contributed by atoms with Crippen LogP contribution in [0.15, 0.2) is 41.4 Å². The highest BCUT2D eigenvalue weighted by Gasteiger charge is 2.05. The molecule has 1 aromatic carbocycles. The number of halogens is 1. The van der Waals surface area contributed by atoms with Gasteiger partial charge in [0, 0.05) is 11.0 Å². The molecule has 0 aliphatic rings. The molecule has 4 N–H and O–H groups in total. The molecule has 0 aliphatic heterocycles. The van der Waals surface area contributed by atoms with Crippen molar-refractivity contribution in [3.63, 3.8) is 0 Å². The molecule has 0 unspecified atom stereocenters. The summed E-state index contributed by atoms with van der Waals surface area (Å²) >= 11 is 3.52. The van der Waals surface area contributed by atoms with Crippen LogP contribution in [0.4, 0.5) is 5.82 Å². The Bertz CT molecular complexity index is 684. The van der Waals surface area contributed by atoms with Gasteiger partial charge in [-0.05, 0) is 11.6 Å². The van der Waals surface area contributed by atoms with Crippen molar-refractivity contribution in [3.8, 4) is 0 Å². The van der Waals surface area contributed by atoms with Gasteiger partial charge < -0.3 is 15.8 Å². The van der Waals surface area contributed by atoms with Crippen LogP contribution in [0.3, 0.4) is 0 Å². The third-order valence-electron chi connectivity index (χ3n) is 2.63. The van der Waals surface area contributed by atoms with Crippen molar-refractivity contribution in [1.82, 2.24) is 19.9 Å². The molecular formula is C12H12BrN5O. The quantitative estimate of drug-likeness (QED) is 0.769. The summed E-state index contributed by atoms with van der Waals surface area (Å²) in [7, 11) is 0. The van der Waals surface area contributed by atoms with E-state index in [2.05, 4.69) is 47.2 Å². The van der Waals surface area contributed by atoms with E-state index in [0.29, 0.717) is 12.2 Å². The standard InChI is InChI=1S/C12H10BrN5.H2O/c13-9-4-2-1-3-8(9)5-14-11-10-12(16-6-15-10)18-7-17-11;/h1-4,6-7H,5H2,(H2,14,15,16,17,18);1H2. The molecule has 0 amide bonds. The molecular weight excluding hydrogens is 310 g/mol. The van der Waals surface area contributed by atoms with E-state index in [-0.39, 0.29) is 5.48 Å². The highest BCUT2D eigenvalue weighted by atomic mass is 79.9. The maximum Gasteiger partial charge on any atom is 0.182 e. The average Bonchev–Trinajstić information content (AvgIpc) is 2.86. The van der Waals surface area contributed by atoms with E-state index < -0.39 is 0 Å². The Balaban J connectivity index is 0.00000133. The molecule has 0 aliphatic carbocycles. The van der Waals surface area contributed by atoms with E-state index in [1.165, 1.54) is 11.9 Å². The molecule has 6 nitrogen and oxygen atoms in total. The highest BCUT2D eigenvalue weighted by molar-refractivity contribution is 9.10. The zero-order valence-corrected chi connectivity index (χ0v) is 11.5. The summed E-state index contributed by atoms with van der Waals surface area (Å²) in [5.41, 5.74) is 2.66. The van der Waals surface area contributed by atoms with Crippen LogP contribution in [0.2, 0.25) is 0 Å². The Hall–Kier alpha value is -1.99. The van der Waals surface area contributed by atoms with E-state index in [1.54, 1.807) is 6.33 Å². The number of benzene rings is 1. The Morgan fingerprint density at radius 3 is 2.84 bits per heavy atom. The van der Waals surface area contributed by atoms with Gasteiger partial charge in [0.1, 0.15) is 11.8 Å². The number of imidazole rings is 1. The molecule has 0 atom stereocenters.